The summed E-state index contributed by atoms with van der Waals surface area (Å²) in [5, 5.41) is 6.54. The molecule has 154 valence electrons. The third kappa shape index (κ3) is 4.97. The van der Waals surface area contributed by atoms with Gasteiger partial charge < -0.3 is 15.1 Å². The Bertz CT molecular complexity index is 1250. The predicted molar refractivity (Wildman–Crippen MR) is 123 cm³/mol. The van der Waals surface area contributed by atoms with Crippen LogP contribution in [0.15, 0.2) is 89.3 Å². The Kier molecular flexibility index (Phi) is 6.07. The minimum Gasteiger partial charge on any atom is -0.451 e. The molecule has 2 N–H and O–H groups in total. The van der Waals surface area contributed by atoms with Crippen molar-refractivity contribution in [3.63, 3.8) is 0 Å². The molecule has 3 aromatic carbocycles. The first-order valence-electron chi connectivity index (χ1n) is 9.33. The van der Waals surface area contributed by atoms with Gasteiger partial charge in [-0.05, 0) is 60.7 Å². The first kappa shape index (κ1) is 20.7. The second-order valence-electron chi connectivity index (χ2n) is 6.64. The second-order valence-corrected chi connectivity index (χ2v) is 7.49. The quantitative estimate of drug-likeness (QED) is 0.352. The Morgan fingerprint density at radius 2 is 1.42 bits per heavy atom. The van der Waals surface area contributed by atoms with Crippen LogP contribution in [0.2, 0.25) is 10.0 Å². The fourth-order valence-electron chi connectivity index (χ4n) is 2.95. The Labute approximate surface area is 188 Å². The lowest BCUT2D eigenvalue weighted by Gasteiger charge is -2.08. The van der Waals surface area contributed by atoms with Crippen LogP contribution in [-0.4, -0.2) is 11.8 Å². The number of rotatable bonds is 5. The molecule has 0 spiro atoms. The van der Waals surface area contributed by atoms with E-state index in [4.69, 9.17) is 27.6 Å². The number of nitrogens with one attached hydrogen (secondary N) is 2. The highest BCUT2D eigenvalue weighted by Crippen LogP contribution is 2.32. The van der Waals surface area contributed by atoms with Crippen LogP contribution < -0.4 is 10.6 Å². The lowest BCUT2D eigenvalue weighted by atomic mass is 10.2. The topological polar surface area (TPSA) is 71.3 Å². The van der Waals surface area contributed by atoms with Gasteiger partial charge in [-0.2, -0.15) is 0 Å². The van der Waals surface area contributed by atoms with Crippen LogP contribution in [0.1, 0.15) is 20.9 Å². The van der Waals surface area contributed by atoms with E-state index < -0.39 is 5.91 Å². The largest absolute Gasteiger partial charge is 0.451 e. The number of anilines is 2. The van der Waals surface area contributed by atoms with Gasteiger partial charge in [-0.3, -0.25) is 9.59 Å². The van der Waals surface area contributed by atoms with E-state index in [-0.39, 0.29) is 11.7 Å². The van der Waals surface area contributed by atoms with Gasteiger partial charge in [-0.1, -0.05) is 47.5 Å². The molecule has 0 radical (unpaired) electrons. The lowest BCUT2D eigenvalue weighted by Crippen LogP contribution is -2.13. The second kappa shape index (κ2) is 9.08. The van der Waals surface area contributed by atoms with E-state index in [0.29, 0.717) is 38.3 Å². The number of amides is 2. The van der Waals surface area contributed by atoms with Crippen LogP contribution in [-0.2, 0) is 0 Å². The smallest absolute Gasteiger partial charge is 0.291 e. The van der Waals surface area contributed by atoms with Crippen LogP contribution in [0, 0.1) is 0 Å². The summed E-state index contributed by atoms with van der Waals surface area (Å²) in [6, 6.07) is 23.9. The average Bonchev–Trinajstić information content (AvgIpc) is 3.26. The highest BCUT2D eigenvalue weighted by Gasteiger charge is 2.15. The van der Waals surface area contributed by atoms with Crippen molar-refractivity contribution in [3.05, 3.63) is 106 Å². The summed E-state index contributed by atoms with van der Waals surface area (Å²) in [6.07, 6.45) is 0. The number of halogens is 2. The van der Waals surface area contributed by atoms with Crippen molar-refractivity contribution >= 4 is 46.4 Å². The summed E-state index contributed by atoms with van der Waals surface area (Å²) in [7, 11) is 0. The molecule has 0 atom stereocenters. The van der Waals surface area contributed by atoms with E-state index in [1.54, 1.807) is 78.9 Å². The van der Waals surface area contributed by atoms with Crippen LogP contribution in [0.5, 0.6) is 0 Å². The summed E-state index contributed by atoms with van der Waals surface area (Å²) < 4.78 is 5.67. The molecule has 7 heteroatoms. The maximum absolute atomic E-state index is 12.6. The molecule has 0 saturated heterocycles. The highest BCUT2D eigenvalue weighted by atomic mass is 35.5. The minimum atomic E-state index is -0.434. The first-order valence-corrected chi connectivity index (χ1v) is 10.1. The Morgan fingerprint density at radius 3 is 2.16 bits per heavy atom. The lowest BCUT2D eigenvalue weighted by molar-refractivity contribution is 0.0995. The molecule has 0 saturated carbocycles. The molecule has 0 aliphatic heterocycles. The van der Waals surface area contributed by atoms with Gasteiger partial charge in [-0.25, -0.2) is 0 Å². The van der Waals surface area contributed by atoms with Crippen molar-refractivity contribution in [2.75, 3.05) is 10.6 Å². The fourth-order valence-corrected chi connectivity index (χ4v) is 3.33. The molecule has 0 unspecified atom stereocenters. The van der Waals surface area contributed by atoms with Gasteiger partial charge in [0.2, 0.25) is 0 Å². The number of hydrogen-bond donors (Lipinski definition) is 2. The molecule has 5 nitrogen and oxygen atoms in total. The van der Waals surface area contributed by atoms with E-state index >= 15 is 0 Å². The normalized spacial score (nSPS) is 10.5. The molecule has 0 aliphatic rings. The maximum atomic E-state index is 12.6. The average molecular weight is 451 g/mol. The predicted octanol–water partition coefficient (Wildman–Crippen LogP) is 6.76. The number of furan rings is 1. The summed E-state index contributed by atoms with van der Waals surface area (Å²) in [4.78, 5) is 24.9. The molecule has 1 aromatic heterocycles. The van der Waals surface area contributed by atoms with Crippen molar-refractivity contribution in [3.8, 4) is 11.3 Å². The van der Waals surface area contributed by atoms with Crippen molar-refractivity contribution in [2.45, 2.75) is 0 Å². The maximum Gasteiger partial charge on any atom is 0.291 e. The zero-order valence-electron chi connectivity index (χ0n) is 16.1. The van der Waals surface area contributed by atoms with Crippen LogP contribution in [0.25, 0.3) is 11.3 Å². The summed E-state index contributed by atoms with van der Waals surface area (Å²) in [5.41, 5.74) is 2.20. The van der Waals surface area contributed by atoms with Gasteiger partial charge in [0.25, 0.3) is 11.8 Å². The minimum absolute atomic E-state index is 0.116. The Balaban J connectivity index is 1.47. The monoisotopic (exact) mass is 450 g/mol. The Hall–Kier alpha value is -3.54. The van der Waals surface area contributed by atoms with E-state index in [1.165, 1.54) is 0 Å². The van der Waals surface area contributed by atoms with Crippen molar-refractivity contribution in [2.24, 2.45) is 0 Å². The van der Waals surface area contributed by atoms with Crippen molar-refractivity contribution < 1.29 is 14.0 Å². The number of carbonyl (C=O) groups is 2. The van der Waals surface area contributed by atoms with Crippen LogP contribution in [0.4, 0.5) is 11.4 Å². The van der Waals surface area contributed by atoms with E-state index in [0.717, 1.165) is 0 Å². The molecule has 2 amide bonds. The fraction of sp³-hybridized carbons (Fsp3) is 0. The number of carbonyl (C=O) groups excluding carboxylic acids is 2. The molecular formula is C24H16Cl2N2O3. The van der Waals surface area contributed by atoms with Crippen molar-refractivity contribution in [1.29, 1.82) is 0 Å². The van der Waals surface area contributed by atoms with Gasteiger partial charge in [0, 0.05) is 27.5 Å². The number of hydrogen-bond acceptors (Lipinski definition) is 3. The van der Waals surface area contributed by atoms with E-state index in [9.17, 15) is 9.59 Å². The zero-order valence-corrected chi connectivity index (χ0v) is 17.6. The molecule has 0 bridgehead atoms. The Morgan fingerprint density at radius 1 is 0.710 bits per heavy atom. The standard InChI is InChI=1S/C24H16Cl2N2O3/c25-16-9-10-20(26)19(13-16)21-11-12-22(31-21)24(30)28-18-8-4-7-17(14-18)27-23(29)15-5-2-1-3-6-15/h1-14H,(H,27,29)(H,28,30). The summed E-state index contributed by atoms with van der Waals surface area (Å²) in [5.74, 6) is -0.125. The van der Waals surface area contributed by atoms with E-state index in [1.807, 2.05) is 6.07 Å². The van der Waals surface area contributed by atoms with Gasteiger partial charge >= 0.3 is 0 Å². The highest BCUT2D eigenvalue weighted by molar-refractivity contribution is 6.35. The molecule has 0 fully saturated rings. The zero-order chi connectivity index (χ0) is 21.8. The van der Waals surface area contributed by atoms with Crippen LogP contribution >= 0.6 is 23.2 Å². The molecule has 4 rings (SSSR count). The third-order valence-electron chi connectivity index (χ3n) is 4.44. The summed E-state index contributed by atoms with van der Waals surface area (Å²) in [6.45, 7) is 0. The van der Waals surface area contributed by atoms with Gasteiger partial charge in [-0.15, -0.1) is 0 Å². The molecule has 4 aromatic rings. The molecular weight excluding hydrogens is 435 g/mol. The summed E-state index contributed by atoms with van der Waals surface area (Å²) >= 11 is 12.2. The van der Waals surface area contributed by atoms with Crippen LogP contribution in [0.3, 0.4) is 0 Å². The SMILES string of the molecule is O=C(Nc1cccc(NC(=O)c2ccc(-c3cc(Cl)ccc3Cl)o2)c1)c1ccccc1. The van der Waals surface area contributed by atoms with E-state index in [2.05, 4.69) is 10.6 Å². The van der Waals surface area contributed by atoms with Crippen molar-refractivity contribution in [1.82, 2.24) is 0 Å². The van der Waals surface area contributed by atoms with Gasteiger partial charge in [0.1, 0.15) is 5.76 Å². The number of benzene rings is 3. The molecule has 1 heterocycles. The molecule has 0 aliphatic carbocycles. The molecule has 31 heavy (non-hydrogen) atoms. The third-order valence-corrected chi connectivity index (χ3v) is 5.00. The van der Waals surface area contributed by atoms with Gasteiger partial charge in [0.15, 0.2) is 5.76 Å². The van der Waals surface area contributed by atoms with Gasteiger partial charge in [0.05, 0.1) is 5.02 Å². The first-order chi connectivity index (χ1) is 15.0.